The number of fused-ring (bicyclic) bond motifs is 1. The number of halogens is 1. The highest BCUT2D eigenvalue weighted by Crippen LogP contribution is 2.31. The zero-order valence-corrected chi connectivity index (χ0v) is 20.4. The van der Waals surface area contributed by atoms with Crippen molar-refractivity contribution in [1.29, 1.82) is 0 Å². The van der Waals surface area contributed by atoms with Gasteiger partial charge in [0.2, 0.25) is 11.7 Å². The van der Waals surface area contributed by atoms with Crippen molar-refractivity contribution >= 4 is 33.6 Å². The van der Waals surface area contributed by atoms with Crippen molar-refractivity contribution in [2.45, 2.75) is 17.8 Å². The van der Waals surface area contributed by atoms with Gasteiger partial charge in [0, 0.05) is 0 Å². The lowest BCUT2D eigenvalue weighted by molar-refractivity contribution is -0.119. The molecule has 5 rings (SSSR count). The van der Waals surface area contributed by atoms with E-state index in [1.807, 2.05) is 71.3 Å². The van der Waals surface area contributed by atoms with Crippen LogP contribution in [0.2, 0.25) is 0 Å². The molecule has 8 nitrogen and oxygen atoms in total. The highest BCUT2D eigenvalue weighted by atomic mass is 79.9. The van der Waals surface area contributed by atoms with Crippen LogP contribution in [0.5, 0.6) is 11.5 Å². The lowest BCUT2D eigenvalue weighted by Gasteiger charge is -2.26. The van der Waals surface area contributed by atoms with Gasteiger partial charge in [-0.2, -0.15) is 0 Å². The number of amides is 1. The Labute approximate surface area is 208 Å². The Balaban J connectivity index is 1.22. The molecular weight excluding hydrogens is 520 g/mol. The molecule has 0 radical (unpaired) electrons. The van der Waals surface area contributed by atoms with Crippen LogP contribution in [-0.2, 0) is 11.3 Å². The van der Waals surface area contributed by atoms with Gasteiger partial charge in [0.15, 0.2) is 27.1 Å². The topological polar surface area (TPSA) is 91.4 Å². The van der Waals surface area contributed by atoms with Crippen molar-refractivity contribution in [3.8, 4) is 23.1 Å². The molecular formula is C24H21BrN4O4S. The molecule has 2 aromatic carbocycles. The van der Waals surface area contributed by atoms with Gasteiger partial charge in [-0.3, -0.25) is 9.36 Å². The number of ether oxygens (including phenoxy) is 2. The Kier molecular flexibility index (Phi) is 6.87. The van der Waals surface area contributed by atoms with E-state index in [0.29, 0.717) is 46.9 Å². The zero-order chi connectivity index (χ0) is 23.3. The number of carbonyl (C=O) groups excluding carboxylic acids is 1. The summed E-state index contributed by atoms with van der Waals surface area (Å²) < 4.78 is 19.9. The molecule has 0 spiro atoms. The van der Waals surface area contributed by atoms with Gasteiger partial charge in [-0.1, -0.05) is 54.2 Å². The molecule has 1 amide bonds. The molecule has 0 fully saturated rings. The molecule has 1 aliphatic heterocycles. The summed E-state index contributed by atoms with van der Waals surface area (Å²) in [4.78, 5) is 12.5. The van der Waals surface area contributed by atoms with Crippen molar-refractivity contribution in [3.05, 3.63) is 77.0 Å². The van der Waals surface area contributed by atoms with E-state index in [1.54, 1.807) is 0 Å². The minimum absolute atomic E-state index is 0.121. The van der Waals surface area contributed by atoms with Gasteiger partial charge in [0.05, 0.1) is 18.8 Å². The Morgan fingerprint density at radius 2 is 1.85 bits per heavy atom. The van der Waals surface area contributed by atoms with Crippen LogP contribution in [0.4, 0.5) is 0 Å². The number of hydrogen-bond donors (Lipinski definition) is 1. The van der Waals surface area contributed by atoms with Gasteiger partial charge in [-0.15, -0.1) is 10.2 Å². The first-order valence-corrected chi connectivity index (χ1v) is 12.4. The lowest BCUT2D eigenvalue weighted by Crippen LogP contribution is -2.41. The summed E-state index contributed by atoms with van der Waals surface area (Å²) in [5.41, 5.74) is 1.09. The van der Waals surface area contributed by atoms with E-state index in [1.165, 1.54) is 11.8 Å². The number of benzene rings is 2. The fraction of sp³-hybridized carbons (Fsp3) is 0.208. The molecule has 3 heterocycles. The predicted octanol–water partition coefficient (Wildman–Crippen LogP) is 4.40. The first-order valence-electron chi connectivity index (χ1n) is 10.7. The van der Waals surface area contributed by atoms with E-state index in [-0.39, 0.29) is 17.8 Å². The summed E-state index contributed by atoms with van der Waals surface area (Å²) >= 11 is 4.66. The van der Waals surface area contributed by atoms with Gasteiger partial charge in [0.25, 0.3) is 0 Å². The molecule has 1 N–H and O–H groups in total. The Hall–Kier alpha value is -3.24. The van der Waals surface area contributed by atoms with E-state index in [9.17, 15) is 4.79 Å². The fourth-order valence-electron chi connectivity index (χ4n) is 3.49. The summed E-state index contributed by atoms with van der Waals surface area (Å²) in [7, 11) is 0. The molecule has 1 atom stereocenters. The molecule has 1 unspecified atom stereocenters. The zero-order valence-electron chi connectivity index (χ0n) is 18.0. The molecule has 1 aliphatic rings. The number of hydrogen-bond acceptors (Lipinski definition) is 7. The van der Waals surface area contributed by atoms with E-state index < -0.39 is 0 Å². The highest BCUT2D eigenvalue weighted by Gasteiger charge is 2.22. The predicted molar refractivity (Wildman–Crippen MR) is 131 cm³/mol. The number of carbonyl (C=O) groups is 1. The van der Waals surface area contributed by atoms with Crippen molar-refractivity contribution in [2.75, 3.05) is 18.9 Å². The number of thioether (sulfide) groups is 1. The van der Waals surface area contributed by atoms with E-state index in [2.05, 4.69) is 31.4 Å². The first kappa shape index (κ1) is 22.5. The maximum Gasteiger partial charge on any atom is 0.230 e. The van der Waals surface area contributed by atoms with Crippen LogP contribution in [0.25, 0.3) is 11.6 Å². The monoisotopic (exact) mass is 540 g/mol. The molecule has 0 saturated carbocycles. The summed E-state index contributed by atoms with van der Waals surface area (Å²) in [6.07, 6.45) is -0.241. The Morgan fingerprint density at radius 1 is 1.06 bits per heavy atom. The number of nitrogens with zero attached hydrogens (tertiary/aromatic N) is 3. The van der Waals surface area contributed by atoms with Crippen LogP contribution in [-0.4, -0.2) is 45.7 Å². The number of para-hydroxylation sites is 2. The Bertz CT molecular complexity index is 1280. The van der Waals surface area contributed by atoms with E-state index in [4.69, 9.17) is 13.9 Å². The minimum atomic E-state index is -0.241. The van der Waals surface area contributed by atoms with Crippen molar-refractivity contribution in [3.63, 3.8) is 0 Å². The standard InChI is InChI=1S/C24H21BrN4O4S/c25-21-11-10-20(33-21)23-27-28-24(29(23)13-16-6-2-1-3-7-16)34-15-22(30)26-12-17-14-31-18-8-4-5-9-19(18)32-17/h1-11,17H,12-15H2,(H,26,30). The van der Waals surface area contributed by atoms with Crippen LogP contribution >= 0.6 is 27.7 Å². The lowest BCUT2D eigenvalue weighted by atomic mass is 10.2. The third-order valence-corrected chi connectivity index (χ3v) is 6.51. The molecule has 34 heavy (non-hydrogen) atoms. The average Bonchev–Trinajstić information content (AvgIpc) is 3.47. The molecule has 0 saturated heterocycles. The average molecular weight is 541 g/mol. The third-order valence-electron chi connectivity index (χ3n) is 5.12. The van der Waals surface area contributed by atoms with Crippen LogP contribution < -0.4 is 14.8 Å². The summed E-state index contributed by atoms with van der Waals surface area (Å²) in [5, 5.41) is 12.2. The van der Waals surface area contributed by atoms with Crippen LogP contribution in [0.3, 0.4) is 0 Å². The molecule has 0 bridgehead atoms. The molecule has 174 valence electrons. The number of nitrogens with one attached hydrogen (secondary N) is 1. The van der Waals surface area contributed by atoms with Crippen LogP contribution in [0, 0.1) is 0 Å². The third kappa shape index (κ3) is 5.28. The van der Waals surface area contributed by atoms with Crippen molar-refractivity contribution in [1.82, 2.24) is 20.1 Å². The van der Waals surface area contributed by atoms with Gasteiger partial charge in [-0.25, -0.2) is 0 Å². The SMILES string of the molecule is O=C(CSc1nnc(-c2ccc(Br)o2)n1Cc1ccccc1)NCC1COc2ccccc2O1. The number of aromatic nitrogens is 3. The quantitative estimate of drug-likeness (QED) is 0.331. The Morgan fingerprint density at radius 3 is 2.65 bits per heavy atom. The van der Waals surface area contributed by atoms with Crippen molar-refractivity contribution in [2.24, 2.45) is 0 Å². The largest absolute Gasteiger partial charge is 0.486 e. The maximum atomic E-state index is 12.5. The van der Waals surface area contributed by atoms with Crippen LogP contribution in [0.1, 0.15) is 5.56 Å². The second kappa shape index (κ2) is 10.4. The van der Waals surface area contributed by atoms with Crippen molar-refractivity contribution < 1.29 is 18.7 Å². The van der Waals surface area contributed by atoms with E-state index >= 15 is 0 Å². The van der Waals surface area contributed by atoms with Gasteiger partial charge >= 0.3 is 0 Å². The smallest absolute Gasteiger partial charge is 0.230 e. The van der Waals surface area contributed by atoms with Gasteiger partial charge in [0.1, 0.15) is 12.7 Å². The maximum absolute atomic E-state index is 12.5. The van der Waals surface area contributed by atoms with Crippen LogP contribution in [0.15, 0.2) is 81.0 Å². The molecule has 2 aromatic heterocycles. The summed E-state index contributed by atoms with van der Waals surface area (Å²) in [6.45, 7) is 1.30. The fourth-order valence-corrected chi connectivity index (χ4v) is 4.57. The molecule has 4 aromatic rings. The van der Waals surface area contributed by atoms with Gasteiger partial charge in [-0.05, 0) is 45.8 Å². The molecule has 0 aliphatic carbocycles. The second-order valence-electron chi connectivity index (χ2n) is 7.57. The minimum Gasteiger partial charge on any atom is -0.486 e. The summed E-state index contributed by atoms with van der Waals surface area (Å²) in [5.74, 6) is 2.68. The van der Waals surface area contributed by atoms with E-state index in [0.717, 1.165) is 11.3 Å². The normalized spacial score (nSPS) is 14.7. The highest BCUT2D eigenvalue weighted by molar-refractivity contribution is 9.10. The first-order chi connectivity index (χ1) is 16.7. The number of furan rings is 1. The summed E-state index contributed by atoms with van der Waals surface area (Å²) in [6, 6.07) is 21.2. The molecule has 10 heteroatoms. The number of rotatable bonds is 8. The second-order valence-corrected chi connectivity index (χ2v) is 9.30. The van der Waals surface area contributed by atoms with Gasteiger partial charge < -0.3 is 19.2 Å².